The zero-order valence-corrected chi connectivity index (χ0v) is 14.6. The van der Waals surface area contributed by atoms with Crippen molar-refractivity contribution < 1.29 is 0 Å². The van der Waals surface area contributed by atoms with Gasteiger partial charge in [-0.1, -0.05) is 18.2 Å². The third-order valence-electron chi connectivity index (χ3n) is 5.15. The van der Waals surface area contributed by atoms with Crippen LogP contribution in [0.1, 0.15) is 34.9 Å². The normalized spacial score (nSPS) is 18.1. The molecule has 0 unspecified atom stereocenters. The molecule has 1 aromatic carbocycles. The fourth-order valence-electron chi connectivity index (χ4n) is 3.75. The molecule has 0 aliphatic heterocycles. The summed E-state index contributed by atoms with van der Waals surface area (Å²) >= 11 is 0. The Kier molecular flexibility index (Phi) is 3.49. The number of aromatic amines is 2. The van der Waals surface area contributed by atoms with Gasteiger partial charge in [0.1, 0.15) is 0 Å². The molecule has 0 radical (unpaired) electrons. The highest BCUT2D eigenvalue weighted by molar-refractivity contribution is 5.64. The number of H-pyrrole nitrogens is 2. The molecule has 0 amide bonds. The van der Waals surface area contributed by atoms with E-state index in [-0.39, 0.29) is 17.4 Å². The first-order valence-electron chi connectivity index (χ1n) is 8.81. The average Bonchev–Trinajstić information content (AvgIpc) is 3.35. The van der Waals surface area contributed by atoms with Crippen LogP contribution in [0.2, 0.25) is 0 Å². The second-order valence-electron chi connectivity index (χ2n) is 6.81. The summed E-state index contributed by atoms with van der Waals surface area (Å²) in [6.07, 6.45) is 5.65. The second kappa shape index (κ2) is 6.03. The van der Waals surface area contributed by atoms with Crippen LogP contribution in [0.3, 0.4) is 0 Å². The molecule has 8 nitrogen and oxygen atoms in total. The van der Waals surface area contributed by atoms with Crippen LogP contribution in [0.25, 0.3) is 16.9 Å². The minimum Gasteiger partial charge on any atom is -0.313 e. The third kappa shape index (κ3) is 2.53. The Morgan fingerprint density at radius 1 is 1.18 bits per heavy atom. The van der Waals surface area contributed by atoms with Crippen LogP contribution in [0.15, 0.2) is 58.5 Å². The first kappa shape index (κ1) is 16.2. The number of nitriles is 1. The maximum atomic E-state index is 12.2. The number of hydrogen-bond donors (Lipinski definition) is 2. The van der Waals surface area contributed by atoms with Gasteiger partial charge in [-0.15, -0.1) is 0 Å². The van der Waals surface area contributed by atoms with E-state index in [1.165, 1.54) is 6.20 Å². The van der Waals surface area contributed by atoms with Crippen LogP contribution in [0.5, 0.6) is 0 Å². The molecule has 8 heteroatoms. The smallest absolute Gasteiger partial charge is 0.313 e. The highest BCUT2D eigenvalue weighted by Crippen LogP contribution is 2.56. The van der Waals surface area contributed by atoms with Crippen LogP contribution in [0.4, 0.5) is 0 Å². The second-order valence-corrected chi connectivity index (χ2v) is 6.81. The van der Waals surface area contributed by atoms with Crippen molar-refractivity contribution in [1.82, 2.24) is 24.6 Å². The number of hydrogen-bond acceptors (Lipinski definition) is 5. The molecule has 2 atom stereocenters. The predicted octanol–water partition coefficient (Wildman–Crippen LogP) is 1.92. The van der Waals surface area contributed by atoms with Gasteiger partial charge in [0.2, 0.25) is 0 Å². The maximum absolute atomic E-state index is 12.2. The molecule has 0 saturated heterocycles. The average molecular weight is 370 g/mol. The van der Waals surface area contributed by atoms with Gasteiger partial charge in [-0.3, -0.25) is 9.78 Å². The van der Waals surface area contributed by atoms with E-state index in [9.17, 15) is 14.9 Å². The lowest BCUT2D eigenvalue weighted by Gasteiger charge is -2.08. The Hall–Kier alpha value is -3.99. The molecule has 3 heterocycles. The molecule has 1 aliphatic rings. The van der Waals surface area contributed by atoms with E-state index in [2.05, 4.69) is 26.1 Å². The number of rotatable bonds is 3. The summed E-state index contributed by atoms with van der Waals surface area (Å²) in [5.41, 5.74) is 3.09. The predicted molar refractivity (Wildman–Crippen MR) is 101 cm³/mol. The highest BCUT2D eigenvalue weighted by atomic mass is 16.2. The summed E-state index contributed by atoms with van der Waals surface area (Å²) in [4.78, 5) is 32.6. The van der Waals surface area contributed by atoms with Gasteiger partial charge < -0.3 is 4.98 Å². The number of benzene rings is 1. The van der Waals surface area contributed by atoms with Gasteiger partial charge in [-0.05, 0) is 36.0 Å². The molecule has 0 spiro atoms. The van der Waals surface area contributed by atoms with Crippen molar-refractivity contribution in [2.75, 3.05) is 0 Å². The molecule has 1 aliphatic carbocycles. The lowest BCUT2D eigenvalue weighted by atomic mass is 10.0. The Morgan fingerprint density at radius 2 is 2.00 bits per heavy atom. The Balaban J connectivity index is 1.63. The van der Waals surface area contributed by atoms with E-state index in [1.54, 1.807) is 16.9 Å². The van der Waals surface area contributed by atoms with E-state index in [4.69, 9.17) is 0 Å². The Morgan fingerprint density at radius 3 is 2.82 bits per heavy atom. The number of aromatic nitrogens is 5. The van der Waals surface area contributed by atoms with Crippen molar-refractivity contribution in [2.45, 2.75) is 18.3 Å². The van der Waals surface area contributed by atoms with Gasteiger partial charge in [-0.2, -0.15) is 10.4 Å². The lowest BCUT2D eigenvalue weighted by molar-refractivity contribution is 0.905. The first-order valence-corrected chi connectivity index (χ1v) is 8.81. The number of fused-ring (bicyclic) bond motifs is 1. The number of nitrogens with one attached hydrogen (secondary N) is 2. The summed E-state index contributed by atoms with van der Waals surface area (Å²) in [6.45, 7) is 0. The lowest BCUT2D eigenvalue weighted by Crippen LogP contribution is -2.23. The minimum absolute atomic E-state index is 0.183. The van der Waals surface area contributed by atoms with Crippen molar-refractivity contribution >= 4 is 5.65 Å². The third-order valence-corrected chi connectivity index (χ3v) is 5.15. The van der Waals surface area contributed by atoms with Gasteiger partial charge in [0.05, 0.1) is 22.9 Å². The first-order chi connectivity index (χ1) is 13.7. The van der Waals surface area contributed by atoms with Crippen molar-refractivity contribution in [3.05, 3.63) is 86.5 Å². The Labute approximate surface area is 158 Å². The zero-order chi connectivity index (χ0) is 19.3. The van der Waals surface area contributed by atoms with Crippen LogP contribution in [-0.2, 0) is 0 Å². The van der Waals surface area contributed by atoms with Crippen molar-refractivity contribution in [3.63, 3.8) is 0 Å². The summed E-state index contributed by atoms with van der Waals surface area (Å²) in [7, 11) is 0. The monoisotopic (exact) mass is 370 g/mol. The molecule has 3 aromatic heterocycles. The Bertz CT molecular complexity index is 1370. The molecule has 0 bridgehead atoms. The van der Waals surface area contributed by atoms with E-state index in [0.717, 1.165) is 23.2 Å². The molecule has 2 N–H and O–H groups in total. The molecule has 4 aromatic rings. The van der Waals surface area contributed by atoms with Crippen LogP contribution < -0.4 is 11.2 Å². The van der Waals surface area contributed by atoms with Gasteiger partial charge >= 0.3 is 5.69 Å². The standard InChI is InChI=1S/C20H14N6O2/c21-9-11-3-1-2-4-12(11)13-7-14(13)15-8-17(25-26-6-5-22-18(15)26)16-10-23-20(28)24-19(16)27/h1-6,8,10,13-14H,7H2,(H2,23,24,27,28)/t13-,14+/m1/s1. The molecule has 5 rings (SSSR count). The quantitative estimate of drug-likeness (QED) is 0.571. The van der Waals surface area contributed by atoms with Crippen molar-refractivity contribution in [2.24, 2.45) is 0 Å². The zero-order valence-electron chi connectivity index (χ0n) is 14.6. The van der Waals surface area contributed by atoms with E-state index < -0.39 is 11.2 Å². The summed E-state index contributed by atoms with van der Waals surface area (Å²) in [6, 6.07) is 11.7. The molecule has 28 heavy (non-hydrogen) atoms. The number of nitrogens with zero attached hydrogens (tertiary/aromatic N) is 4. The van der Waals surface area contributed by atoms with Crippen LogP contribution in [0, 0.1) is 11.3 Å². The van der Waals surface area contributed by atoms with Crippen LogP contribution in [-0.4, -0.2) is 24.6 Å². The van der Waals surface area contributed by atoms with Crippen LogP contribution >= 0.6 is 0 Å². The van der Waals surface area contributed by atoms with E-state index in [1.807, 2.05) is 30.3 Å². The molecular formula is C20H14N6O2. The topological polar surface area (TPSA) is 120 Å². The summed E-state index contributed by atoms with van der Waals surface area (Å²) in [5, 5.41) is 13.9. The minimum atomic E-state index is -0.562. The van der Waals surface area contributed by atoms with Gasteiger partial charge in [0, 0.05) is 24.2 Å². The van der Waals surface area contributed by atoms with Crippen molar-refractivity contribution in [3.8, 4) is 17.3 Å². The molecular weight excluding hydrogens is 356 g/mol. The largest absolute Gasteiger partial charge is 0.325 e. The molecule has 1 saturated carbocycles. The van der Waals surface area contributed by atoms with Crippen molar-refractivity contribution in [1.29, 1.82) is 5.26 Å². The fourth-order valence-corrected chi connectivity index (χ4v) is 3.75. The SMILES string of the molecule is N#Cc1ccccc1[C@H]1C[C@@H]1c1cc(-c2c[nH]c(=O)[nH]c2=O)nn2ccnc12. The molecule has 136 valence electrons. The van der Waals surface area contributed by atoms with E-state index in [0.29, 0.717) is 11.3 Å². The number of imidazole rings is 1. The van der Waals surface area contributed by atoms with Gasteiger partial charge in [0.15, 0.2) is 5.65 Å². The van der Waals surface area contributed by atoms with Gasteiger partial charge in [-0.25, -0.2) is 14.3 Å². The molecule has 1 fully saturated rings. The highest BCUT2D eigenvalue weighted by Gasteiger charge is 2.42. The maximum Gasteiger partial charge on any atom is 0.325 e. The summed E-state index contributed by atoms with van der Waals surface area (Å²) < 4.78 is 1.64. The van der Waals surface area contributed by atoms with Gasteiger partial charge in [0.25, 0.3) is 5.56 Å². The fraction of sp³-hybridized carbons (Fsp3) is 0.150. The van der Waals surface area contributed by atoms with E-state index >= 15 is 0 Å². The summed E-state index contributed by atoms with van der Waals surface area (Å²) in [5.74, 6) is 0.406.